The highest BCUT2D eigenvalue weighted by molar-refractivity contribution is 5.85. The number of nitrogens with zero attached hydrogens (tertiary/aromatic N) is 1. The lowest BCUT2D eigenvalue weighted by atomic mass is 9.92. The van der Waals surface area contributed by atoms with E-state index in [0.717, 1.165) is 26.1 Å². The predicted octanol–water partition coefficient (Wildman–Crippen LogP) is 3.48. The number of benzene rings is 1. The van der Waals surface area contributed by atoms with Gasteiger partial charge in [0, 0.05) is 13.1 Å². The van der Waals surface area contributed by atoms with Crippen molar-refractivity contribution in [2.24, 2.45) is 5.92 Å². The van der Waals surface area contributed by atoms with E-state index in [1.54, 1.807) is 0 Å². The average Bonchev–Trinajstić information content (AvgIpc) is 2.28. The Labute approximate surface area is 123 Å². The van der Waals surface area contributed by atoms with E-state index in [9.17, 15) is 0 Å². The quantitative estimate of drug-likeness (QED) is 0.842. The van der Waals surface area contributed by atoms with Gasteiger partial charge < -0.3 is 9.64 Å². The zero-order valence-corrected chi connectivity index (χ0v) is 13.3. The third-order valence-electron chi connectivity index (χ3n) is 3.67. The van der Waals surface area contributed by atoms with Crippen molar-refractivity contribution < 1.29 is 4.74 Å². The molecule has 0 amide bonds. The molecule has 0 spiro atoms. The first-order valence-electron chi connectivity index (χ1n) is 6.91. The summed E-state index contributed by atoms with van der Waals surface area (Å²) in [5.41, 5.74) is 2.56. The Hall–Kier alpha value is -0.570. The molecule has 1 aliphatic heterocycles. The summed E-state index contributed by atoms with van der Waals surface area (Å²) in [6, 6.07) is 8.96. The zero-order chi connectivity index (χ0) is 13.2. The SMILES string of the molecule is CC(C)Cc1ccc(C2(C)CN(C)CCO2)cc1.Cl. The summed E-state index contributed by atoms with van der Waals surface area (Å²) in [5, 5.41) is 0. The number of likely N-dealkylation sites (N-methyl/N-ethyl adjacent to an activating group) is 1. The van der Waals surface area contributed by atoms with Crippen molar-refractivity contribution in [2.75, 3.05) is 26.7 Å². The summed E-state index contributed by atoms with van der Waals surface area (Å²) >= 11 is 0. The lowest BCUT2D eigenvalue weighted by molar-refractivity contribution is -0.0963. The molecule has 0 saturated carbocycles. The molecule has 1 fully saturated rings. The molecule has 1 atom stereocenters. The molecular weight excluding hydrogens is 258 g/mol. The Kier molecular flexibility index (Phi) is 5.84. The minimum absolute atomic E-state index is 0. The van der Waals surface area contributed by atoms with E-state index in [-0.39, 0.29) is 18.0 Å². The van der Waals surface area contributed by atoms with Crippen LogP contribution in [0.5, 0.6) is 0 Å². The highest BCUT2D eigenvalue weighted by Crippen LogP contribution is 2.29. The van der Waals surface area contributed by atoms with Gasteiger partial charge in [-0.25, -0.2) is 0 Å². The molecule has 0 N–H and O–H groups in total. The molecule has 1 saturated heterocycles. The summed E-state index contributed by atoms with van der Waals surface area (Å²) in [4.78, 5) is 2.34. The molecular formula is C16H26ClNO. The molecule has 2 nitrogen and oxygen atoms in total. The summed E-state index contributed by atoms with van der Waals surface area (Å²) in [7, 11) is 2.16. The Morgan fingerprint density at radius 1 is 1.26 bits per heavy atom. The Morgan fingerprint density at radius 2 is 1.89 bits per heavy atom. The molecule has 0 radical (unpaired) electrons. The van der Waals surface area contributed by atoms with Crippen molar-refractivity contribution in [3.63, 3.8) is 0 Å². The molecule has 1 unspecified atom stereocenters. The van der Waals surface area contributed by atoms with E-state index in [1.165, 1.54) is 11.1 Å². The van der Waals surface area contributed by atoms with Gasteiger partial charge >= 0.3 is 0 Å². The highest BCUT2D eigenvalue weighted by Gasteiger charge is 2.32. The summed E-state index contributed by atoms with van der Waals surface area (Å²) in [6.07, 6.45) is 1.15. The summed E-state index contributed by atoms with van der Waals surface area (Å²) in [6.45, 7) is 9.53. The average molecular weight is 284 g/mol. The molecule has 1 heterocycles. The van der Waals surface area contributed by atoms with E-state index in [1.807, 2.05) is 0 Å². The van der Waals surface area contributed by atoms with Crippen molar-refractivity contribution >= 4 is 12.4 Å². The molecule has 0 aromatic heterocycles. The van der Waals surface area contributed by atoms with Gasteiger partial charge in [0.2, 0.25) is 0 Å². The second kappa shape index (κ2) is 6.74. The van der Waals surface area contributed by atoms with Crippen LogP contribution in [0, 0.1) is 5.92 Å². The van der Waals surface area contributed by atoms with E-state index in [4.69, 9.17) is 4.74 Å². The number of halogens is 1. The van der Waals surface area contributed by atoms with Crippen LogP contribution in [-0.4, -0.2) is 31.6 Å². The predicted molar refractivity (Wildman–Crippen MR) is 83.0 cm³/mol. The van der Waals surface area contributed by atoms with Gasteiger partial charge in [-0.3, -0.25) is 0 Å². The standard InChI is InChI=1S/C16H25NO.ClH/c1-13(2)11-14-5-7-15(8-6-14)16(3)12-17(4)9-10-18-16;/h5-8,13H,9-12H2,1-4H3;1H. The fourth-order valence-electron chi connectivity index (χ4n) is 2.71. The van der Waals surface area contributed by atoms with E-state index >= 15 is 0 Å². The van der Waals surface area contributed by atoms with Crippen LogP contribution >= 0.6 is 12.4 Å². The van der Waals surface area contributed by atoms with Crippen LogP contribution in [0.25, 0.3) is 0 Å². The number of hydrogen-bond acceptors (Lipinski definition) is 2. The third-order valence-corrected chi connectivity index (χ3v) is 3.67. The van der Waals surface area contributed by atoms with E-state index < -0.39 is 0 Å². The van der Waals surface area contributed by atoms with Gasteiger partial charge in [-0.2, -0.15) is 0 Å². The lowest BCUT2D eigenvalue weighted by Gasteiger charge is -2.39. The number of morpholine rings is 1. The van der Waals surface area contributed by atoms with Gasteiger partial charge in [0.05, 0.1) is 6.61 Å². The van der Waals surface area contributed by atoms with Crippen LogP contribution in [-0.2, 0) is 16.8 Å². The third kappa shape index (κ3) is 4.20. The topological polar surface area (TPSA) is 12.5 Å². The fraction of sp³-hybridized carbons (Fsp3) is 0.625. The number of ether oxygens (including phenoxy) is 1. The largest absolute Gasteiger partial charge is 0.368 e. The number of hydrogen-bond donors (Lipinski definition) is 0. The first kappa shape index (κ1) is 16.5. The smallest absolute Gasteiger partial charge is 0.103 e. The summed E-state index contributed by atoms with van der Waals surface area (Å²) < 4.78 is 6.00. The summed E-state index contributed by atoms with van der Waals surface area (Å²) in [5.74, 6) is 0.712. The van der Waals surface area contributed by atoms with Crippen molar-refractivity contribution in [1.82, 2.24) is 4.90 Å². The number of rotatable bonds is 3. The molecule has 3 heteroatoms. The van der Waals surface area contributed by atoms with Gasteiger partial charge in [0.15, 0.2) is 0 Å². The molecule has 0 aliphatic carbocycles. The Balaban J connectivity index is 0.00000180. The van der Waals surface area contributed by atoms with Crippen molar-refractivity contribution in [2.45, 2.75) is 32.8 Å². The van der Waals surface area contributed by atoms with Crippen LogP contribution < -0.4 is 0 Å². The van der Waals surface area contributed by atoms with Gasteiger partial charge in [0.1, 0.15) is 5.60 Å². The highest BCUT2D eigenvalue weighted by atomic mass is 35.5. The van der Waals surface area contributed by atoms with Crippen molar-refractivity contribution in [1.29, 1.82) is 0 Å². The molecule has 2 rings (SSSR count). The van der Waals surface area contributed by atoms with E-state index in [0.29, 0.717) is 5.92 Å². The molecule has 0 bridgehead atoms. The van der Waals surface area contributed by atoms with Crippen LogP contribution in [0.4, 0.5) is 0 Å². The van der Waals surface area contributed by atoms with Crippen LogP contribution in [0.2, 0.25) is 0 Å². The van der Waals surface area contributed by atoms with Crippen LogP contribution in [0.15, 0.2) is 24.3 Å². The second-order valence-electron chi connectivity index (χ2n) is 6.11. The van der Waals surface area contributed by atoms with E-state index in [2.05, 4.69) is 57.0 Å². The van der Waals surface area contributed by atoms with Crippen molar-refractivity contribution in [3.8, 4) is 0 Å². The Morgan fingerprint density at radius 3 is 2.42 bits per heavy atom. The molecule has 1 aromatic carbocycles. The normalized spacial score (nSPS) is 24.3. The maximum atomic E-state index is 6.00. The second-order valence-corrected chi connectivity index (χ2v) is 6.11. The lowest BCUT2D eigenvalue weighted by Crippen LogP contribution is -2.46. The monoisotopic (exact) mass is 283 g/mol. The fourth-order valence-corrected chi connectivity index (χ4v) is 2.71. The maximum Gasteiger partial charge on any atom is 0.103 e. The van der Waals surface area contributed by atoms with Crippen LogP contribution in [0.1, 0.15) is 31.9 Å². The van der Waals surface area contributed by atoms with Gasteiger partial charge in [-0.1, -0.05) is 38.1 Å². The van der Waals surface area contributed by atoms with Crippen LogP contribution in [0.3, 0.4) is 0 Å². The molecule has 108 valence electrons. The molecule has 1 aromatic rings. The Bertz CT molecular complexity index is 390. The van der Waals surface area contributed by atoms with Gasteiger partial charge in [-0.05, 0) is 37.4 Å². The van der Waals surface area contributed by atoms with Gasteiger partial charge in [-0.15, -0.1) is 12.4 Å². The molecule has 19 heavy (non-hydrogen) atoms. The first-order valence-corrected chi connectivity index (χ1v) is 6.91. The van der Waals surface area contributed by atoms with Crippen molar-refractivity contribution in [3.05, 3.63) is 35.4 Å². The molecule has 1 aliphatic rings. The minimum Gasteiger partial charge on any atom is -0.368 e. The minimum atomic E-state index is -0.149. The van der Waals surface area contributed by atoms with Gasteiger partial charge in [0.25, 0.3) is 0 Å². The first-order chi connectivity index (χ1) is 8.49. The zero-order valence-electron chi connectivity index (χ0n) is 12.5. The maximum absolute atomic E-state index is 6.00.